The quantitative estimate of drug-likeness (QED) is 0.378. The smallest absolute Gasteiger partial charge is 0.256 e. The van der Waals surface area contributed by atoms with Crippen LogP contribution in [0.15, 0.2) is 72.8 Å². The second-order valence-corrected chi connectivity index (χ2v) is 7.41. The van der Waals surface area contributed by atoms with Crippen molar-refractivity contribution in [2.24, 2.45) is 0 Å². The van der Waals surface area contributed by atoms with E-state index in [-0.39, 0.29) is 5.91 Å². The summed E-state index contributed by atoms with van der Waals surface area (Å²) in [5, 5.41) is 5.17. The zero-order valence-corrected chi connectivity index (χ0v) is 16.7. The number of nitrogens with one attached hydrogen (secondary N) is 1. The molecule has 0 atom stereocenters. The Hall–Kier alpha value is -2.59. The van der Waals surface area contributed by atoms with Gasteiger partial charge in [0.25, 0.3) is 5.91 Å². The summed E-state index contributed by atoms with van der Waals surface area (Å²) >= 11 is 18.1. The lowest BCUT2D eigenvalue weighted by Crippen LogP contribution is -2.13. The molecule has 138 valence electrons. The summed E-state index contributed by atoms with van der Waals surface area (Å²) in [5.41, 5.74) is 3.31. The minimum absolute atomic E-state index is 0.234. The second-order valence-electron chi connectivity index (χ2n) is 6.16. The van der Waals surface area contributed by atoms with E-state index in [0.717, 1.165) is 10.9 Å². The van der Waals surface area contributed by atoms with Gasteiger partial charge in [-0.15, -0.1) is 0 Å². The molecule has 0 aliphatic carbocycles. The van der Waals surface area contributed by atoms with Gasteiger partial charge in [-0.25, -0.2) is 4.98 Å². The Balaban J connectivity index is 1.80. The van der Waals surface area contributed by atoms with E-state index in [1.807, 2.05) is 30.3 Å². The van der Waals surface area contributed by atoms with Gasteiger partial charge in [0.1, 0.15) is 0 Å². The highest BCUT2D eigenvalue weighted by Gasteiger charge is 2.15. The fourth-order valence-corrected chi connectivity index (χ4v) is 3.32. The number of para-hydroxylation sites is 1. The molecule has 0 aliphatic rings. The Bertz CT molecular complexity index is 1190. The number of hydrogen-bond acceptors (Lipinski definition) is 2. The molecule has 3 nitrogen and oxygen atoms in total. The number of halogens is 3. The Labute approximate surface area is 176 Å². The van der Waals surface area contributed by atoms with Crippen molar-refractivity contribution in [3.05, 3.63) is 93.4 Å². The fraction of sp³-hybridized carbons (Fsp3) is 0. The minimum atomic E-state index is -0.234. The first-order valence-electron chi connectivity index (χ1n) is 8.43. The number of hydrogen-bond donors (Lipinski definition) is 1. The van der Waals surface area contributed by atoms with Crippen molar-refractivity contribution in [1.82, 2.24) is 4.98 Å². The van der Waals surface area contributed by atoms with Crippen LogP contribution < -0.4 is 5.32 Å². The van der Waals surface area contributed by atoms with Crippen molar-refractivity contribution < 1.29 is 4.79 Å². The summed E-state index contributed by atoms with van der Waals surface area (Å²) in [6.45, 7) is 0. The highest BCUT2D eigenvalue weighted by atomic mass is 35.5. The molecule has 1 heterocycles. The molecule has 0 spiro atoms. The maximum atomic E-state index is 13.0. The highest BCUT2D eigenvalue weighted by molar-refractivity contribution is 6.42. The van der Waals surface area contributed by atoms with E-state index in [9.17, 15) is 4.79 Å². The van der Waals surface area contributed by atoms with Crippen LogP contribution in [0.25, 0.3) is 22.2 Å². The molecular formula is C22H13Cl3N2O. The lowest BCUT2D eigenvalue weighted by molar-refractivity contribution is 0.102. The van der Waals surface area contributed by atoms with E-state index in [1.54, 1.807) is 42.5 Å². The van der Waals surface area contributed by atoms with Crippen molar-refractivity contribution in [3.63, 3.8) is 0 Å². The Morgan fingerprint density at radius 3 is 2.32 bits per heavy atom. The number of fused-ring (bicyclic) bond motifs is 1. The van der Waals surface area contributed by atoms with E-state index in [0.29, 0.717) is 37.5 Å². The zero-order valence-electron chi connectivity index (χ0n) is 14.4. The van der Waals surface area contributed by atoms with Gasteiger partial charge < -0.3 is 5.32 Å². The normalized spacial score (nSPS) is 10.8. The van der Waals surface area contributed by atoms with Gasteiger partial charge in [0, 0.05) is 21.7 Å². The van der Waals surface area contributed by atoms with Gasteiger partial charge >= 0.3 is 0 Å². The molecule has 4 rings (SSSR count). The van der Waals surface area contributed by atoms with Crippen LogP contribution in [0.4, 0.5) is 5.69 Å². The fourth-order valence-electron chi connectivity index (χ4n) is 2.90. The summed E-state index contributed by atoms with van der Waals surface area (Å²) in [6, 6.07) is 21.5. The molecule has 28 heavy (non-hydrogen) atoms. The third-order valence-electron chi connectivity index (χ3n) is 4.28. The lowest BCUT2D eigenvalue weighted by Gasteiger charge is -2.11. The van der Waals surface area contributed by atoms with Crippen molar-refractivity contribution in [2.75, 3.05) is 5.32 Å². The molecule has 0 aliphatic heterocycles. The molecule has 1 amide bonds. The van der Waals surface area contributed by atoms with Gasteiger partial charge in [-0.05, 0) is 48.5 Å². The first kappa shape index (κ1) is 18.8. The van der Waals surface area contributed by atoms with E-state index in [1.165, 1.54) is 0 Å². The Morgan fingerprint density at radius 1 is 0.821 bits per heavy atom. The molecule has 0 radical (unpaired) electrons. The van der Waals surface area contributed by atoms with Gasteiger partial charge in [0.15, 0.2) is 0 Å². The lowest BCUT2D eigenvalue weighted by atomic mass is 10.0. The molecule has 3 aromatic carbocycles. The first-order valence-corrected chi connectivity index (χ1v) is 9.57. The number of aromatic nitrogens is 1. The average molecular weight is 428 g/mol. The summed E-state index contributed by atoms with van der Waals surface area (Å²) in [4.78, 5) is 17.7. The number of benzene rings is 3. The number of rotatable bonds is 3. The van der Waals surface area contributed by atoms with E-state index < -0.39 is 0 Å². The highest BCUT2D eigenvalue weighted by Crippen LogP contribution is 2.30. The van der Waals surface area contributed by atoms with Crippen LogP contribution in [0.5, 0.6) is 0 Å². The van der Waals surface area contributed by atoms with Gasteiger partial charge in [-0.1, -0.05) is 59.1 Å². The molecule has 6 heteroatoms. The van der Waals surface area contributed by atoms with Crippen LogP contribution in [0.1, 0.15) is 10.4 Å². The summed E-state index contributed by atoms with van der Waals surface area (Å²) in [5.74, 6) is -0.234. The maximum absolute atomic E-state index is 13.0. The molecule has 1 aromatic heterocycles. The SMILES string of the molecule is O=C(Nc1ccc(Cl)cc1)c1cc(-c2ccc(Cl)c(Cl)c2)nc2ccccc12. The number of nitrogens with zero attached hydrogens (tertiary/aromatic N) is 1. The van der Waals surface area contributed by atoms with Crippen LogP contribution in [0.2, 0.25) is 15.1 Å². The number of pyridine rings is 1. The second kappa shape index (κ2) is 7.80. The Kier molecular flexibility index (Phi) is 5.23. The zero-order chi connectivity index (χ0) is 19.7. The third kappa shape index (κ3) is 3.83. The van der Waals surface area contributed by atoms with Crippen LogP contribution in [0, 0.1) is 0 Å². The van der Waals surface area contributed by atoms with Crippen LogP contribution in [-0.4, -0.2) is 10.9 Å². The molecule has 0 saturated carbocycles. The van der Waals surface area contributed by atoms with Crippen molar-refractivity contribution in [1.29, 1.82) is 0 Å². The summed E-state index contributed by atoms with van der Waals surface area (Å²) < 4.78 is 0. The summed E-state index contributed by atoms with van der Waals surface area (Å²) in [6.07, 6.45) is 0. The maximum Gasteiger partial charge on any atom is 0.256 e. The Morgan fingerprint density at radius 2 is 1.57 bits per heavy atom. The molecular weight excluding hydrogens is 415 g/mol. The number of anilines is 1. The number of carbonyl (C=O) groups excluding carboxylic acids is 1. The van der Waals surface area contributed by atoms with Crippen LogP contribution in [0.3, 0.4) is 0 Å². The first-order chi connectivity index (χ1) is 13.5. The van der Waals surface area contributed by atoms with Crippen molar-refractivity contribution in [3.8, 4) is 11.3 Å². The molecule has 0 fully saturated rings. The predicted molar refractivity (Wildman–Crippen MR) is 117 cm³/mol. The number of amides is 1. The van der Waals surface area contributed by atoms with Crippen molar-refractivity contribution >= 4 is 57.3 Å². The van der Waals surface area contributed by atoms with E-state index in [4.69, 9.17) is 34.8 Å². The van der Waals surface area contributed by atoms with Gasteiger partial charge in [-0.3, -0.25) is 4.79 Å². The van der Waals surface area contributed by atoms with Gasteiger partial charge in [0.2, 0.25) is 0 Å². The molecule has 0 unspecified atom stereocenters. The minimum Gasteiger partial charge on any atom is -0.322 e. The van der Waals surface area contributed by atoms with E-state index in [2.05, 4.69) is 10.3 Å². The molecule has 0 bridgehead atoms. The average Bonchev–Trinajstić information content (AvgIpc) is 2.71. The molecule has 1 N–H and O–H groups in total. The molecule has 0 saturated heterocycles. The predicted octanol–water partition coefficient (Wildman–Crippen LogP) is 7.11. The van der Waals surface area contributed by atoms with Crippen molar-refractivity contribution in [2.45, 2.75) is 0 Å². The molecule has 4 aromatic rings. The van der Waals surface area contributed by atoms with Gasteiger partial charge in [-0.2, -0.15) is 0 Å². The summed E-state index contributed by atoms with van der Waals surface area (Å²) in [7, 11) is 0. The van der Waals surface area contributed by atoms with Gasteiger partial charge in [0.05, 0.1) is 26.8 Å². The standard InChI is InChI=1S/C22H13Cl3N2O/c23-14-6-8-15(9-7-14)26-22(28)17-12-21(13-5-10-18(24)19(25)11-13)27-20-4-2-1-3-16(17)20/h1-12H,(H,26,28). The largest absolute Gasteiger partial charge is 0.322 e. The third-order valence-corrected chi connectivity index (χ3v) is 5.27. The van der Waals surface area contributed by atoms with Crippen LogP contribution in [-0.2, 0) is 0 Å². The van der Waals surface area contributed by atoms with Crippen LogP contribution >= 0.6 is 34.8 Å². The monoisotopic (exact) mass is 426 g/mol. The topological polar surface area (TPSA) is 42.0 Å². The van der Waals surface area contributed by atoms with E-state index >= 15 is 0 Å². The number of carbonyl (C=O) groups is 1.